The lowest BCUT2D eigenvalue weighted by atomic mass is 10.2. The summed E-state index contributed by atoms with van der Waals surface area (Å²) in [7, 11) is 1.64. The average Bonchev–Trinajstić information content (AvgIpc) is 3.27. The maximum absolute atomic E-state index is 12.5. The van der Waals surface area contributed by atoms with Gasteiger partial charge in [0.2, 0.25) is 0 Å². The van der Waals surface area contributed by atoms with Gasteiger partial charge in [-0.05, 0) is 53.2 Å². The van der Waals surface area contributed by atoms with Gasteiger partial charge in [-0.15, -0.1) is 5.10 Å². The van der Waals surface area contributed by atoms with Crippen molar-refractivity contribution in [3.05, 3.63) is 59.9 Å². The molecule has 2 heterocycles. The second-order valence-corrected chi connectivity index (χ2v) is 7.42. The molecule has 1 aromatic heterocycles. The van der Waals surface area contributed by atoms with Gasteiger partial charge in [0.1, 0.15) is 11.5 Å². The molecule has 0 bridgehead atoms. The number of carbonyl (C=O) groups is 1. The Morgan fingerprint density at radius 3 is 2.48 bits per heavy atom. The van der Waals surface area contributed by atoms with Crippen LogP contribution in [-0.4, -0.2) is 75.8 Å². The van der Waals surface area contributed by atoms with E-state index in [-0.39, 0.29) is 12.5 Å². The number of methoxy groups -OCH3 is 1. The van der Waals surface area contributed by atoms with E-state index in [1.807, 2.05) is 60.4 Å². The van der Waals surface area contributed by atoms with Crippen LogP contribution in [0, 0.1) is 6.92 Å². The quantitative estimate of drug-likeness (QED) is 0.573. The van der Waals surface area contributed by atoms with Crippen LogP contribution >= 0.6 is 0 Å². The van der Waals surface area contributed by atoms with Gasteiger partial charge >= 0.3 is 0 Å². The van der Waals surface area contributed by atoms with Crippen LogP contribution in [-0.2, 0) is 11.3 Å². The third-order valence-electron chi connectivity index (χ3n) is 5.39. The number of amides is 1. The lowest BCUT2D eigenvalue weighted by molar-refractivity contribution is -0.135. The predicted octanol–water partition coefficient (Wildman–Crippen LogP) is 1.70. The predicted molar refractivity (Wildman–Crippen MR) is 114 cm³/mol. The number of tetrazole rings is 1. The molecule has 3 aromatic rings. The molecular weight excluding hydrogens is 396 g/mol. The van der Waals surface area contributed by atoms with Crippen molar-refractivity contribution in [2.24, 2.45) is 0 Å². The molecule has 1 aliphatic heterocycles. The van der Waals surface area contributed by atoms with E-state index in [2.05, 4.69) is 20.4 Å². The van der Waals surface area contributed by atoms with Gasteiger partial charge < -0.3 is 14.4 Å². The zero-order chi connectivity index (χ0) is 21.6. The topological polar surface area (TPSA) is 85.6 Å². The van der Waals surface area contributed by atoms with Gasteiger partial charge in [0.25, 0.3) is 5.91 Å². The molecule has 0 radical (unpaired) electrons. The fourth-order valence-electron chi connectivity index (χ4n) is 3.53. The van der Waals surface area contributed by atoms with Crippen molar-refractivity contribution in [1.82, 2.24) is 30.0 Å². The lowest BCUT2D eigenvalue weighted by Gasteiger charge is -2.34. The molecule has 31 heavy (non-hydrogen) atoms. The van der Waals surface area contributed by atoms with Crippen molar-refractivity contribution < 1.29 is 14.3 Å². The normalized spacial score (nSPS) is 14.5. The van der Waals surface area contributed by atoms with E-state index in [9.17, 15) is 4.79 Å². The van der Waals surface area contributed by atoms with Gasteiger partial charge in [0.05, 0.1) is 19.3 Å². The zero-order valence-electron chi connectivity index (χ0n) is 17.8. The van der Waals surface area contributed by atoms with E-state index in [4.69, 9.17) is 9.47 Å². The van der Waals surface area contributed by atoms with Crippen molar-refractivity contribution in [1.29, 1.82) is 0 Å². The molecule has 0 spiro atoms. The van der Waals surface area contributed by atoms with Crippen LogP contribution < -0.4 is 9.47 Å². The summed E-state index contributed by atoms with van der Waals surface area (Å²) in [6, 6.07) is 15.3. The van der Waals surface area contributed by atoms with E-state index in [0.717, 1.165) is 41.7 Å². The molecule has 2 aromatic carbocycles. The molecule has 0 unspecified atom stereocenters. The molecule has 4 rings (SSSR count). The van der Waals surface area contributed by atoms with Crippen molar-refractivity contribution in [2.45, 2.75) is 13.5 Å². The highest BCUT2D eigenvalue weighted by Crippen LogP contribution is 2.17. The number of nitrogens with zero attached hydrogens (tertiary/aromatic N) is 6. The van der Waals surface area contributed by atoms with E-state index in [1.165, 1.54) is 0 Å². The summed E-state index contributed by atoms with van der Waals surface area (Å²) < 4.78 is 12.6. The first-order chi connectivity index (χ1) is 15.1. The summed E-state index contributed by atoms with van der Waals surface area (Å²) >= 11 is 0. The first kappa shape index (κ1) is 20.8. The molecule has 0 saturated carbocycles. The Labute approximate surface area is 181 Å². The largest absolute Gasteiger partial charge is 0.497 e. The standard InChI is InChI=1S/C22H26N6O3/c1-17-5-3-4-6-20(17)31-16-22(29)27-13-11-26(12-14-27)15-21-23-24-25-28(21)18-7-9-19(30-2)10-8-18/h3-10H,11-16H2,1-2H3. The summed E-state index contributed by atoms with van der Waals surface area (Å²) in [6.07, 6.45) is 0. The van der Waals surface area contributed by atoms with Crippen LogP contribution in [0.3, 0.4) is 0 Å². The Balaban J connectivity index is 1.29. The Morgan fingerprint density at radius 2 is 1.77 bits per heavy atom. The third kappa shape index (κ3) is 5.00. The second kappa shape index (κ2) is 9.57. The molecule has 1 aliphatic rings. The second-order valence-electron chi connectivity index (χ2n) is 7.42. The van der Waals surface area contributed by atoms with Gasteiger partial charge in [0, 0.05) is 26.2 Å². The number of ether oxygens (including phenoxy) is 2. The minimum Gasteiger partial charge on any atom is -0.497 e. The van der Waals surface area contributed by atoms with Gasteiger partial charge in [-0.2, -0.15) is 4.68 Å². The third-order valence-corrected chi connectivity index (χ3v) is 5.39. The minimum atomic E-state index is 0.00553. The molecule has 9 heteroatoms. The molecule has 162 valence electrons. The highest BCUT2D eigenvalue weighted by atomic mass is 16.5. The van der Waals surface area contributed by atoms with Gasteiger partial charge in [0.15, 0.2) is 12.4 Å². The fraction of sp³-hybridized carbons (Fsp3) is 0.364. The number of aromatic nitrogens is 4. The Kier molecular flexibility index (Phi) is 6.42. The van der Waals surface area contributed by atoms with Crippen LogP contribution in [0.1, 0.15) is 11.4 Å². The molecule has 0 N–H and O–H groups in total. The zero-order valence-corrected chi connectivity index (χ0v) is 17.8. The van der Waals surface area contributed by atoms with E-state index >= 15 is 0 Å². The number of carbonyl (C=O) groups excluding carboxylic acids is 1. The van der Waals surface area contributed by atoms with Crippen molar-refractivity contribution in [2.75, 3.05) is 39.9 Å². The fourth-order valence-corrected chi connectivity index (χ4v) is 3.53. The highest BCUT2D eigenvalue weighted by Gasteiger charge is 2.23. The number of hydrogen-bond acceptors (Lipinski definition) is 7. The molecule has 1 amide bonds. The van der Waals surface area contributed by atoms with Crippen molar-refractivity contribution in [3.8, 4) is 17.2 Å². The summed E-state index contributed by atoms with van der Waals surface area (Å²) in [4.78, 5) is 16.6. The van der Waals surface area contributed by atoms with Crippen LogP contribution in [0.15, 0.2) is 48.5 Å². The van der Waals surface area contributed by atoms with E-state index < -0.39 is 0 Å². The summed E-state index contributed by atoms with van der Waals surface area (Å²) in [5.41, 5.74) is 1.90. The number of hydrogen-bond donors (Lipinski definition) is 0. The lowest BCUT2D eigenvalue weighted by Crippen LogP contribution is -2.49. The first-order valence-electron chi connectivity index (χ1n) is 10.2. The molecule has 1 fully saturated rings. The highest BCUT2D eigenvalue weighted by molar-refractivity contribution is 5.78. The molecule has 9 nitrogen and oxygen atoms in total. The minimum absolute atomic E-state index is 0.00553. The number of piperazine rings is 1. The van der Waals surface area contributed by atoms with Gasteiger partial charge in [-0.3, -0.25) is 9.69 Å². The van der Waals surface area contributed by atoms with Crippen molar-refractivity contribution >= 4 is 5.91 Å². The van der Waals surface area contributed by atoms with Gasteiger partial charge in [-0.1, -0.05) is 18.2 Å². The van der Waals surface area contributed by atoms with E-state index in [0.29, 0.717) is 19.6 Å². The summed E-state index contributed by atoms with van der Waals surface area (Å²) in [5.74, 6) is 2.30. The molecule has 0 aliphatic carbocycles. The van der Waals surface area contributed by atoms with Crippen LogP contribution in [0.2, 0.25) is 0 Å². The van der Waals surface area contributed by atoms with E-state index in [1.54, 1.807) is 11.8 Å². The Morgan fingerprint density at radius 1 is 1.03 bits per heavy atom. The monoisotopic (exact) mass is 422 g/mol. The molecular formula is C22H26N6O3. The summed E-state index contributed by atoms with van der Waals surface area (Å²) in [5, 5.41) is 12.1. The molecule has 1 saturated heterocycles. The first-order valence-corrected chi connectivity index (χ1v) is 10.2. The Hall–Kier alpha value is -3.46. The van der Waals surface area contributed by atoms with Crippen LogP contribution in [0.5, 0.6) is 11.5 Å². The maximum atomic E-state index is 12.5. The van der Waals surface area contributed by atoms with Crippen LogP contribution in [0.4, 0.5) is 0 Å². The molecule has 0 atom stereocenters. The Bertz CT molecular complexity index is 1010. The van der Waals surface area contributed by atoms with Crippen molar-refractivity contribution in [3.63, 3.8) is 0 Å². The number of aryl methyl sites for hydroxylation is 1. The maximum Gasteiger partial charge on any atom is 0.260 e. The average molecular weight is 422 g/mol. The van der Waals surface area contributed by atoms with Crippen LogP contribution in [0.25, 0.3) is 5.69 Å². The number of benzene rings is 2. The number of rotatable bonds is 7. The number of para-hydroxylation sites is 1. The smallest absolute Gasteiger partial charge is 0.260 e. The summed E-state index contributed by atoms with van der Waals surface area (Å²) in [6.45, 7) is 5.46. The van der Waals surface area contributed by atoms with Gasteiger partial charge in [-0.25, -0.2) is 0 Å². The SMILES string of the molecule is COc1ccc(-n2nnnc2CN2CCN(C(=O)COc3ccccc3C)CC2)cc1.